The monoisotopic (exact) mass is 373 g/mol. The number of fused-ring (bicyclic) bond motifs is 1. The number of benzene rings is 2. The Kier molecular flexibility index (Phi) is 4.94. The van der Waals surface area contributed by atoms with Crippen molar-refractivity contribution in [3.05, 3.63) is 78.8 Å². The molecule has 4 nitrogen and oxygen atoms in total. The summed E-state index contributed by atoms with van der Waals surface area (Å²) in [6, 6.07) is 18.5. The molecule has 0 atom stereocenters. The highest BCUT2D eigenvalue weighted by molar-refractivity contribution is 7.98. The Morgan fingerprint density at radius 2 is 2.07 bits per heavy atom. The minimum Gasteiger partial charge on any atom is -0.361 e. The van der Waals surface area contributed by atoms with Crippen LogP contribution in [0.1, 0.15) is 12.5 Å². The maximum atomic E-state index is 11.6. The van der Waals surface area contributed by atoms with Crippen molar-refractivity contribution in [2.24, 2.45) is 0 Å². The number of hydrogen-bond acceptors (Lipinski definition) is 3. The molecule has 0 spiro atoms. The summed E-state index contributed by atoms with van der Waals surface area (Å²) < 4.78 is 0. The van der Waals surface area contributed by atoms with Crippen molar-refractivity contribution >= 4 is 34.3 Å². The minimum absolute atomic E-state index is 0.0739. The van der Waals surface area contributed by atoms with Crippen LogP contribution in [0.2, 0.25) is 0 Å². The van der Waals surface area contributed by atoms with E-state index in [1.165, 1.54) is 17.9 Å². The van der Waals surface area contributed by atoms with Crippen LogP contribution in [-0.2, 0) is 10.5 Å². The third-order valence-electron chi connectivity index (χ3n) is 4.26. The fourth-order valence-electron chi connectivity index (χ4n) is 3.10. The zero-order valence-electron chi connectivity index (χ0n) is 14.9. The Bertz CT molecular complexity index is 1090. The molecule has 0 saturated carbocycles. The summed E-state index contributed by atoms with van der Waals surface area (Å²) >= 11 is 1.73. The third-order valence-corrected chi connectivity index (χ3v) is 5.31. The first-order valence-corrected chi connectivity index (χ1v) is 9.68. The third kappa shape index (κ3) is 4.04. The van der Waals surface area contributed by atoms with Crippen LogP contribution in [0.5, 0.6) is 0 Å². The topological polar surface area (TPSA) is 57.8 Å². The van der Waals surface area contributed by atoms with Crippen LogP contribution in [0.3, 0.4) is 0 Å². The van der Waals surface area contributed by atoms with Gasteiger partial charge in [0.25, 0.3) is 0 Å². The molecular weight excluding hydrogens is 354 g/mol. The summed E-state index contributed by atoms with van der Waals surface area (Å²) in [5.74, 6) is 0.751. The van der Waals surface area contributed by atoms with E-state index < -0.39 is 0 Å². The zero-order valence-corrected chi connectivity index (χ0v) is 15.7. The SMILES string of the molecule is CC(=O)Nc1cc(SCc2cccnc2)cc(-c2cccc3[nH]ccc23)c1. The lowest BCUT2D eigenvalue weighted by atomic mass is 10.0. The number of H-pyrrole nitrogens is 1. The van der Waals surface area contributed by atoms with Gasteiger partial charge in [-0.2, -0.15) is 0 Å². The average Bonchev–Trinajstić information content (AvgIpc) is 3.15. The standard InChI is InChI=1S/C22H19N3OS/c1-15(26)25-18-10-17(20-5-2-6-22-21(20)7-9-24-22)11-19(12-18)27-14-16-4-3-8-23-13-16/h2-13,24H,14H2,1H3,(H,25,26). The molecule has 0 saturated heterocycles. The van der Waals surface area contributed by atoms with Gasteiger partial charge < -0.3 is 10.3 Å². The number of carbonyl (C=O) groups excluding carboxylic acids is 1. The fraction of sp³-hybridized carbons (Fsp3) is 0.0909. The van der Waals surface area contributed by atoms with E-state index in [2.05, 4.69) is 45.6 Å². The van der Waals surface area contributed by atoms with Crippen molar-refractivity contribution in [1.29, 1.82) is 0 Å². The largest absolute Gasteiger partial charge is 0.361 e. The molecule has 134 valence electrons. The molecule has 2 aromatic heterocycles. The number of thioether (sulfide) groups is 1. The van der Waals surface area contributed by atoms with Crippen molar-refractivity contribution < 1.29 is 4.79 Å². The summed E-state index contributed by atoms with van der Waals surface area (Å²) in [4.78, 5) is 20.1. The van der Waals surface area contributed by atoms with Crippen LogP contribution in [-0.4, -0.2) is 15.9 Å². The molecule has 2 heterocycles. The number of aromatic amines is 1. The normalized spacial score (nSPS) is 10.9. The number of hydrogen-bond donors (Lipinski definition) is 2. The highest BCUT2D eigenvalue weighted by atomic mass is 32.2. The van der Waals surface area contributed by atoms with Crippen molar-refractivity contribution in [1.82, 2.24) is 9.97 Å². The number of carbonyl (C=O) groups is 1. The van der Waals surface area contributed by atoms with Gasteiger partial charge >= 0.3 is 0 Å². The first kappa shape index (κ1) is 17.4. The molecule has 0 unspecified atom stereocenters. The van der Waals surface area contributed by atoms with Gasteiger partial charge in [0, 0.05) is 52.8 Å². The highest BCUT2D eigenvalue weighted by Crippen LogP contribution is 2.34. The highest BCUT2D eigenvalue weighted by Gasteiger charge is 2.09. The number of anilines is 1. The Labute approximate surface area is 162 Å². The second-order valence-electron chi connectivity index (χ2n) is 6.32. The molecule has 4 rings (SSSR count). The maximum Gasteiger partial charge on any atom is 0.221 e. The minimum atomic E-state index is -0.0739. The van der Waals surface area contributed by atoms with Crippen LogP contribution >= 0.6 is 11.8 Å². The lowest BCUT2D eigenvalue weighted by Gasteiger charge is -2.11. The van der Waals surface area contributed by atoms with Gasteiger partial charge in [0.15, 0.2) is 0 Å². The molecule has 5 heteroatoms. The van der Waals surface area contributed by atoms with Gasteiger partial charge in [-0.05, 0) is 53.1 Å². The van der Waals surface area contributed by atoms with Gasteiger partial charge in [-0.1, -0.05) is 18.2 Å². The van der Waals surface area contributed by atoms with Gasteiger partial charge in [0.2, 0.25) is 5.91 Å². The lowest BCUT2D eigenvalue weighted by molar-refractivity contribution is -0.114. The molecule has 0 fully saturated rings. The Morgan fingerprint density at radius 3 is 2.89 bits per heavy atom. The van der Waals surface area contributed by atoms with Gasteiger partial charge in [-0.15, -0.1) is 11.8 Å². The number of pyridine rings is 1. The first-order valence-electron chi connectivity index (χ1n) is 8.70. The average molecular weight is 373 g/mol. The van der Waals surface area contributed by atoms with Crippen LogP contribution in [0.15, 0.2) is 78.1 Å². The molecule has 0 aliphatic carbocycles. The number of amides is 1. The molecular formula is C22H19N3OS. The molecule has 0 aliphatic rings. The number of nitrogens with zero attached hydrogens (tertiary/aromatic N) is 1. The van der Waals surface area contributed by atoms with Gasteiger partial charge in [0.1, 0.15) is 0 Å². The second-order valence-corrected chi connectivity index (χ2v) is 7.37. The van der Waals surface area contributed by atoms with Crippen LogP contribution in [0.4, 0.5) is 5.69 Å². The summed E-state index contributed by atoms with van der Waals surface area (Å²) in [6.07, 6.45) is 5.61. The summed E-state index contributed by atoms with van der Waals surface area (Å²) in [5, 5.41) is 4.09. The van der Waals surface area contributed by atoms with E-state index in [1.807, 2.05) is 36.7 Å². The molecule has 0 radical (unpaired) electrons. The van der Waals surface area contributed by atoms with Crippen molar-refractivity contribution in [2.75, 3.05) is 5.32 Å². The fourth-order valence-corrected chi connectivity index (χ4v) is 4.03. The van der Waals surface area contributed by atoms with Crippen molar-refractivity contribution in [3.63, 3.8) is 0 Å². The second kappa shape index (κ2) is 7.68. The Hall–Kier alpha value is -3.05. The van der Waals surface area contributed by atoms with E-state index in [9.17, 15) is 4.79 Å². The van der Waals surface area contributed by atoms with Crippen LogP contribution < -0.4 is 5.32 Å². The predicted molar refractivity (Wildman–Crippen MR) is 112 cm³/mol. The van der Waals surface area contributed by atoms with Crippen LogP contribution in [0, 0.1) is 0 Å². The van der Waals surface area contributed by atoms with Gasteiger partial charge in [0.05, 0.1) is 0 Å². The van der Waals surface area contributed by atoms with Crippen molar-refractivity contribution in [3.8, 4) is 11.1 Å². The van der Waals surface area contributed by atoms with Gasteiger partial charge in [-0.3, -0.25) is 9.78 Å². The summed E-state index contributed by atoms with van der Waals surface area (Å²) in [6.45, 7) is 1.53. The number of aromatic nitrogens is 2. The smallest absolute Gasteiger partial charge is 0.221 e. The van der Waals surface area contributed by atoms with Crippen LogP contribution in [0.25, 0.3) is 22.0 Å². The van der Waals surface area contributed by atoms with E-state index in [0.29, 0.717) is 0 Å². The van der Waals surface area contributed by atoms with E-state index in [1.54, 1.807) is 18.0 Å². The summed E-state index contributed by atoms with van der Waals surface area (Å²) in [5.41, 5.74) is 5.30. The quantitative estimate of drug-likeness (QED) is 0.455. The zero-order chi connectivity index (χ0) is 18.6. The predicted octanol–water partition coefficient (Wildman–Crippen LogP) is 5.48. The molecule has 4 aromatic rings. The molecule has 2 aromatic carbocycles. The molecule has 27 heavy (non-hydrogen) atoms. The Morgan fingerprint density at radius 1 is 1.15 bits per heavy atom. The number of nitrogens with one attached hydrogen (secondary N) is 2. The van der Waals surface area contributed by atoms with Gasteiger partial charge in [-0.25, -0.2) is 0 Å². The van der Waals surface area contributed by atoms with E-state index in [4.69, 9.17) is 0 Å². The molecule has 0 aliphatic heterocycles. The van der Waals surface area contributed by atoms with E-state index >= 15 is 0 Å². The van der Waals surface area contributed by atoms with E-state index in [0.717, 1.165) is 33.0 Å². The summed E-state index contributed by atoms with van der Waals surface area (Å²) in [7, 11) is 0. The van der Waals surface area contributed by atoms with E-state index in [-0.39, 0.29) is 5.91 Å². The molecule has 1 amide bonds. The molecule has 2 N–H and O–H groups in total. The maximum absolute atomic E-state index is 11.6. The first-order chi connectivity index (χ1) is 13.2. The molecule has 0 bridgehead atoms. The lowest BCUT2D eigenvalue weighted by Crippen LogP contribution is -2.05. The Balaban J connectivity index is 1.72. The van der Waals surface area contributed by atoms with Crippen molar-refractivity contribution in [2.45, 2.75) is 17.6 Å². The number of rotatable bonds is 5.